The van der Waals surface area contributed by atoms with Crippen molar-refractivity contribution in [2.45, 2.75) is 6.42 Å². The number of halogens is 3. The molecule has 0 saturated heterocycles. The van der Waals surface area contributed by atoms with Crippen molar-refractivity contribution in [3.05, 3.63) is 29.8 Å². The molecule has 1 rings (SSSR count). The molecule has 0 aromatic heterocycles. The summed E-state index contributed by atoms with van der Waals surface area (Å²) in [6, 6.07) is 3.82. The molecule has 0 radical (unpaired) electrons. The van der Waals surface area contributed by atoms with E-state index in [1.54, 1.807) is 0 Å². The smallest absolute Gasteiger partial charge is 0.200 e. The van der Waals surface area contributed by atoms with Crippen LogP contribution in [-0.2, 0) is 0 Å². The minimum atomic E-state index is -0.947. The maximum atomic E-state index is 12.9. The Bertz CT molecular complexity index is 278. The first-order chi connectivity index (χ1) is 6.25. The Morgan fingerprint density at radius 2 is 2.08 bits per heavy atom. The van der Waals surface area contributed by atoms with Crippen LogP contribution in [0.3, 0.4) is 0 Å². The lowest BCUT2D eigenvalue weighted by molar-refractivity contribution is 0.296. The van der Waals surface area contributed by atoms with E-state index in [4.69, 9.17) is 16.3 Å². The molecule has 0 bridgehead atoms. The van der Waals surface area contributed by atoms with Crippen LogP contribution in [0.4, 0.5) is 8.78 Å². The van der Waals surface area contributed by atoms with Crippen molar-refractivity contribution in [1.82, 2.24) is 0 Å². The minimum absolute atomic E-state index is 0.0647. The van der Waals surface area contributed by atoms with Crippen LogP contribution in [0.1, 0.15) is 6.42 Å². The Hall–Kier alpha value is -0.830. The predicted octanol–water partition coefficient (Wildman–Crippen LogP) is 2.97. The second-order valence-corrected chi connectivity index (χ2v) is 2.82. The third-order valence-electron chi connectivity index (χ3n) is 1.45. The molecule has 0 atom stereocenters. The molecule has 0 aliphatic carbocycles. The van der Waals surface area contributed by atoms with Crippen LogP contribution in [0.2, 0.25) is 0 Å². The predicted molar refractivity (Wildman–Crippen MR) is 47.2 cm³/mol. The normalized spacial score (nSPS) is 10.1. The highest BCUT2D eigenvalue weighted by Gasteiger charge is 2.07. The SMILES string of the molecule is Fc1cccc(OCCCCl)c1F. The van der Waals surface area contributed by atoms with E-state index in [2.05, 4.69) is 0 Å². The van der Waals surface area contributed by atoms with Crippen molar-refractivity contribution in [3.8, 4) is 5.75 Å². The van der Waals surface area contributed by atoms with Crippen LogP contribution in [0.5, 0.6) is 5.75 Å². The number of hydrogen-bond donors (Lipinski definition) is 0. The van der Waals surface area contributed by atoms with Gasteiger partial charge in [0.15, 0.2) is 11.6 Å². The van der Waals surface area contributed by atoms with Crippen LogP contribution < -0.4 is 4.74 Å². The van der Waals surface area contributed by atoms with Crippen molar-refractivity contribution in [2.24, 2.45) is 0 Å². The molecule has 1 aromatic carbocycles. The fourth-order valence-corrected chi connectivity index (χ4v) is 0.941. The molecule has 4 heteroatoms. The summed E-state index contributed by atoms with van der Waals surface area (Å²) in [6.07, 6.45) is 0.609. The number of rotatable bonds is 4. The highest BCUT2D eigenvalue weighted by atomic mass is 35.5. The van der Waals surface area contributed by atoms with Gasteiger partial charge in [-0.2, -0.15) is 4.39 Å². The average Bonchev–Trinajstić information content (AvgIpc) is 2.13. The second kappa shape index (κ2) is 5.02. The summed E-state index contributed by atoms with van der Waals surface area (Å²) in [5, 5.41) is 0. The monoisotopic (exact) mass is 206 g/mol. The van der Waals surface area contributed by atoms with Crippen LogP contribution >= 0.6 is 11.6 Å². The van der Waals surface area contributed by atoms with E-state index in [9.17, 15) is 8.78 Å². The Kier molecular flexibility index (Phi) is 3.96. The van der Waals surface area contributed by atoms with Crippen molar-refractivity contribution >= 4 is 11.6 Å². The molecule has 0 aliphatic rings. The molecule has 72 valence electrons. The fourth-order valence-electron chi connectivity index (χ4n) is 0.832. The molecular formula is C9H9ClF2O. The lowest BCUT2D eigenvalue weighted by atomic mass is 10.3. The van der Waals surface area contributed by atoms with E-state index in [1.165, 1.54) is 12.1 Å². The lowest BCUT2D eigenvalue weighted by Gasteiger charge is -2.05. The Morgan fingerprint density at radius 1 is 1.31 bits per heavy atom. The van der Waals surface area contributed by atoms with Gasteiger partial charge in [-0.3, -0.25) is 0 Å². The summed E-state index contributed by atoms with van der Waals surface area (Å²) in [5.41, 5.74) is 0. The minimum Gasteiger partial charge on any atom is -0.490 e. The van der Waals surface area contributed by atoms with Gasteiger partial charge in [0.25, 0.3) is 0 Å². The first-order valence-electron chi connectivity index (χ1n) is 3.88. The maximum Gasteiger partial charge on any atom is 0.200 e. The number of ether oxygens (including phenoxy) is 1. The summed E-state index contributed by atoms with van der Waals surface area (Å²) in [7, 11) is 0. The van der Waals surface area contributed by atoms with Gasteiger partial charge in [-0.25, -0.2) is 4.39 Å². The van der Waals surface area contributed by atoms with Gasteiger partial charge in [-0.15, -0.1) is 11.6 Å². The highest BCUT2D eigenvalue weighted by Crippen LogP contribution is 2.18. The lowest BCUT2D eigenvalue weighted by Crippen LogP contribution is -2.00. The van der Waals surface area contributed by atoms with Gasteiger partial charge in [0.2, 0.25) is 5.82 Å². The van der Waals surface area contributed by atoms with Gasteiger partial charge in [-0.05, 0) is 18.6 Å². The standard InChI is InChI=1S/C9H9ClF2O/c10-5-2-6-13-8-4-1-3-7(11)9(8)12/h1,3-4H,2,5-6H2. The zero-order valence-electron chi connectivity index (χ0n) is 6.90. The van der Waals surface area contributed by atoms with Gasteiger partial charge in [0, 0.05) is 5.88 Å². The molecule has 1 aromatic rings. The Labute approximate surface area is 80.3 Å². The molecule has 0 amide bonds. The molecule has 0 heterocycles. The zero-order chi connectivity index (χ0) is 9.68. The fraction of sp³-hybridized carbons (Fsp3) is 0.333. The van der Waals surface area contributed by atoms with Crippen molar-refractivity contribution < 1.29 is 13.5 Å². The number of hydrogen-bond acceptors (Lipinski definition) is 1. The van der Waals surface area contributed by atoms with Gasteiger partial charge in [0.05, 0.1) is 6.61 Å². The summed E-state index contributed by atoms with van der Waals surface area (Å²) < 4.78 is 30.5. The quantitative estimate of drug-likeness (QED) is 0.544. The zero-order valence-corrected chi connectivity index (χ0v) is 7.65. The first-order valence-corrected chi connectivity index (χ1v) is 4.42. The van der Waals surface area contributed by atoms with E-state index < -0.39 is 11.6 Å². The van der Waals surface area contributed by atoms with E-state index in [1.807, 2.05) is 0 Å². The van der Waals surface area contributed by atoms with Gasteiger partial charge in [0.1, 0.15) is 0 Å². The molecule has 0 saturated carbocycles. The van der Waals surface area contributed by atoms with E-state index in [0.29, 0.717) is 18.9 Å². The second-order valence-electron chi connectivity index (χ2n) is 2.44. The topological polar surface area (TPSA) is 9.23 Å². The van der Waals surface area contributed by atoms with Crippen LogP contribution in [0.25, 0.3) is 0 Å². The summed E-state index contributed by atoms with van der Waals surface area (Å²) in [5.74, 6) is -1.47. The molecule has 13 heavy (non-hydrogen) atoms. The van der Waals surface area contributed by atoms with E-state index >= 15 is 0 Å². The third-order valence-corrected chi connectivity index (χ3v) is 1.72. The Morgan fingerprint density at radius 3 is 2.77 bits per heavy atom. The van der Waals surface area contributed by atoms with Gasteiger partial charge >= 0.3 is 0 Å². The van der Waals surface area contributed by atoms with Gasteiger partial charge in [-0.1, -0.05) is 6.07 Å². The maximum absolute atomic E-state index is 12.9. The van der Waals surface area contributed by atoms with Crippen LogP contribution in [-0.4, -0.2) is 12.5 Å². The Balaban J connectivity index is 2.61. The number of benzene rings is 1. The van der Waals surface area contributed by atoms with E-state index in [-0.39, 0.29) is 5.75 Å². The molecule has 0 unspecified atom stereocenters. The molecule has 1 nitrogen and oxygen atoms in total. The van der Waals surface area contributed by atoms with E-state index in [0.717, 1.165) is 6.07 Å². The average molecular weight is 207 g/mol. The van der Waals surface area contributed by atoms with Gasteiger partial charge < -0.3 is 4.74 Å². The summed E-state index contributed by atoms with van der Waals surface area (Å²) in [6.45, 7) is 0.296. The molecular weight excluding hydrogens is 198 g/mol. The molecule has 0 N–H and O–H groups in total. The van der Waals surface area contributed by atoms with Crippen LogP contribution in [0.15, 0.2) is 18.2 Å². The molecule has 0 spiro atoms. The largest absolute Gasteiger partial charge is 0.490 e. The van der Waals surface area contributed by atoms with Crippen molar-refractivity contribution in [3.63, 3.8) is 0 Å². The first kappa shape index (κ1) is 10.3. The summed E-state index contributed by atoms with van der Waals surface area (Å²) in [4.78, 5) is 0. The van der Waals surface area contributed by atoms with Crippen molar-refractivity contribution in [2.75, 3.05) is 12.5 Å². The molecule has 0 aliphatic heterocycles. The van der Waals surface area contributed by atoms with Crippen LogP contribution in [0, 0.1) is 11.6 Å². The van der Waals surface area contributed by atoms with Crippen molar-refractivity contribution in [1.29, 1.82) is 0 Å². The molecule has 0 fully saturated rings. The summed E-state index contributed by atoms with van der Waals surface area (Å²) >= 11 is 5.39. The third kappa shape index (κ3) is 2.84. The number of alkyl halides is 1. The highest BCUT2D eigenvalue weighted by molar-refractivity contribution is 6.17.